The SMILES string of the molecule is CCC(CSC)N(C)C(=O)C(C)(CC)C(N)=NO. The molecule has 3 N–H and O–H groups in total. The van der Waals surface area contributed by atoms with Crippen molar-refractivity contribution in [3.8, 4) is 0 Å². The van der Waals surface area contributed by atoms with E-state index in [1.165, 1.54) is 0 Å². The van der Waals surface area contributed by atoms with Crippen LogP contribution in [0.2, 0.25) is 0 Å². The molecule has 0 saturated carbocycles. The summed E-state index contributed by atoms with van der Waals surface area (Å²) in [6, 6.07) is 0.171. The molecule has 1 amide bonds. The normalized spacial score (nSPS) is 17.1. The first-order valence-electron chi connectivity index (χ1n) is 6.13. The second-order valence-corrected chi connectivity index (χ2v) is 5.52. The highest BCUT2D eigenvalue weighted by Gasteiger charge is 2.39. The molecular formula is C12H25N3O2S. The van der Waals surface area contributed by atoms with Crippen LogP contribution >= 0.6 is 11.8 Å². The second kappa shape index (κ2) is 7.51. The fourth-order valence-electron chi connectivity index (χ4n) is 1.80. The Bertz CT molecular complexity index is 310. The van der Waals surface area contributed by atoms with Crippen LogP contribution in [-0.2, 0) is 4.79 Å². The van der Waals surface area contributed by atoms with E-state index in [1.54, 1.807) is 30.6 Å². The maximum atomic E-state index is 12.5. The van der Waals surface area contributed by atoms with Crippen molar-refractivity contribution >= 4 is 23.5 Å². The van der Waals surface area contributed by atoms with Crippen LogP contribution in [-0.4, -0.2) is 46.9 Å². The van der Waals surface area contributed by atoms with E-state index in [0.717, 1.165) is 12.2 Å². The van der Waals surface area contributed by atoms with Crippen LogP contribution in [0.4, 0.5) is 0 Å². The number of carbonyl (C=O) groups is 1. The van der Waals surface area contributed by atoms with Crippen LogP contribution in [0.3, 0.4) is 0 Å². The third-order valence-electron chi connectivity index (χ3n) is 3.55. The Morgan fingerprint density at radius 1 is 1.56 bits per heavy atom. The average molecular weight is 275 g/mol. The molecule has 2 atom stereocenters. The summed E-state index contributed by atoms with van der Waals surface area (Å²) in [6.07, 6.45) is 3.41. The highest BCUT2D eigenvalue weighted by atomic mass is 32.2. The maximum absolute atomic E-state index is 12.5. The maximum Gasteiger partial charge on any atom is 0.236 e. The van der Waals surface area contributed by atoms with Gasteiger partial charge in [0.25, 0.3) is 0 Å². The molecule has 18 heavy (non-hydrogen) atoms. The largest absolute Gasteiger partial charge is 0.409 e. The Morgan fingerprint density at radius 3 is 2.44 bits per heavy atom. The summed E-state index contributed by atoms with van der Waals surface area (Å²) < 4.78 is 0. The summed E-state index contributed by atoms with van der Waals surface area (Å²) in [7, 11) is 1.78. The summed E-state index contributed by atoms with van der Waals surface area (Å²) in [5, 5.41) is 11.8. The van der Waals surface area contributed by atoms with Crippen LogP contribution < -0.4 is 5.73 Å². The smallest absolute Gasteiger partial charge is 0.236 e. The lowest BCUT2D eigenvalue weighted by Gasteiger charge is -2.35. The fourth-order valence-corrected chi connectivity index (χ4v) is 2.65. The van der Waals surface area contributed by atoms with Crippen molar-refractivity contribution < 1.29 is 10.0 Å². The molecule has 0 bridgehead atoms. The molecule has 0 rings (SSSR count). The van der Waals surface area contributed by atoms with Gasteiger partial charge < -0.3 is 15.8 Å². The van der Waals surface area contributed by atoms with E-state index in [0.29, 0.717) is 6.42 Å². The molecule has 0 aliphatic rings. The van der Waals surface area contributed by atoms with Crippen molar-refractivity contribution in [2.45, 2.75) is 39.7 Å². The average Bonchev–Trinajstić information content (AvgIpc) is 2.41. The van der Waals surface area contributed by atoms with E-state index in [4.69, 9.17) is 10.9 Å². The van der Waals surface area contributed by atoms with Gasteiger partial charge in [0, 0.05) is 18.8 Å². The van der Waals surface area contributed by atoms with E-state index in [2.05, 4.69) is 12.1 Å². The number of amides is 1. The van der Waals surface area contributed by atoms with E-state index in [1.807, 2.05) is 13.2 Å². The molecule has 0 aromatic rings. The highest BCUT2D eigenvalue weighted by molar-refractivity contribution is 7.98. The molecule has 0 aromatic heterocycles. The number of carbonyl (C=O) groups excluding carboxylic acids is 1. The fraction of sp³-hybridized carbons (Fsp3) is 0.833. The highest BCUT2D eigenvalue weighted by Crippen LogP contribution is 2.26. The van der Waals surface area contributed by atoms with Crippen LogP contribution in [0.1, 0.15) is 33.6 Å². The van der Waals surface area contributed by atoms with Crippen molar-refractivity contribution in [3.05, 3.63) is 0 Å². The van der Waals surface area contributed by atoms with Gasteiger partial charge in [0.05, 0.1) is 0 Å². The Morgan fingerprint density at radius 2 is 2.11 bits per heavy atom. The summed E-state index contributed by atoms with van der Waals surface area (Å²) in [5.74, 6) is 0.761. The lowest BCUT2D eigenvalue weighted by molar-refractivity contribution is -0.138. The molecule has 0 radical (unpaired) electrons. The first-order valence-corrected chi connectivity index (χ1v) is 7.52. The molecule has 2 unspecified atom stereocenters. The second-order valence-electron chi connectivity index (χ2n) is 4.60. The Labute approximate surface area is 114 Å². The van der Waals surface area contributed by atoms with Gasteiger partial charge in [-0.2, -0.15) is 11.8 Å². The third-order valence-corrected chi connectivity index (χ3v) is 4.27. The van der Waals surface area contributed by atoms with Gasteiger partial charge in [-0.15, -0.1) is 0 Å². The zero-order valence-corrected chi connectivity index (χ0v) is 12.8. The van der Waals surface area contributed by atoms with Gasteiger partial charge in [-0.05, 0) is 26.0 Å². The quantitative estimate of drug-likeness (QED) is 0.321. The summed E-state index contributed by atoms with van der Waals surface area (Å²) in [5.41, 5.74) is 4.73. The number of hydrogen-bond acceptors (Lipinski definition) is 4. The Kier molecular flexibility index (Phi) is 7.13. The molecule has 5 nitrogen and oxygen atoms in total. The third kappa shape index (κ3) is 3.54. The van der Waals surface area contributed by atoms with Gasteiger partial charge in [0.15, 0.2) is 5.84 Å². The Balaban J connectivity index is 5.10. The van der Waals surface area contributed by atoms with Crippen molar-refractivity contribution in [2.24, 2.45) is 16.3 Å². The minimum absolute atomic E-state index is 0.0270. The minimum Gasteiger partial charge on any atom is -0.409 e. The molecule has 0 aliphatic heterocycles. The van der Waals surface area contributed by atoms with Crippen molar-refractivity contribution in [3.63, 3.8) is 0 Å². The molecule has 0 aromatic carbocycles. The summed E-state index contributed by atoms with van der Waals surface area (Å²) in [4.78, 5) is 14.2. The molecule has 0 aliphatic carbocycles. The zero-order chi connectivity index (χ0) is 14.3. The van der Waals surface area contributed by atoms with Gasteiger partial charge in [0.2, 0.25) is 5.91 Å². The molecular weight excluding hydrogens is 250 g/mol. The molecule has 6 heteroatoms. The zero-order valence-electron chi connectivity index (χ0n) is 11.9. The number of nitrogens with zero attached hydrogens (tertiary/aromatic N) is 2. The topological polar surface area (TPSA) is 78.9 Å². The van der Waals surface area contributed by atoms with Gasteiger partial charge in [-0.3, -0.25) is 4.79 Å². The minimum atomic E-state index is -0.935. The number of thioether (sulfide) groups is 1. The number of oxime groups is 1. The number of rotatable bonds is 7. The molecule has 0 saturated heterocycles. The van der Waals surface area contributed by atoms with Gasteiger partial charge in [-0.25, -0.2) is 0 Å². The lowest BCUT2D eigenvalue weighted by Crippen LogP contribution is -2.51. The number of nitrogens with two attached hydrogens (primary N) is 1. The van der Waals surface area contributed by atoms with E-state index < -0.39 is 5.41 Å². The first kappa shape index (κ1) is 17.1. The number of amidine groups is 1. The molecule has 0 heterocycles. The number of hydrogen-bond donors (Lipinski definition) is 2. The molecule has 0 fully saturated rings. The van der Waals surface area contributed by atoms with E-state index in [-0.39, 0.29) is 17.8 Å². The lowest BCUT2D eigenvalue weighted by atomic mass is 9.84. The predicted octanol–water partition coefficient (Wildman–Crippen LogP) is 1.75. The predicted molar refractivity (Wildman–Crippen MR) is 77.0 cm³/mol. The van der Waals surface area contributed by atoms with E-state index in [9.17, 15) is 4.79 Å². The van der Waals surface area contributed by atoms with Crippen LogP contribution in [0.5, 0.6) is 0 Å². The standard InChI is InChI=1S/C12H25N3O2S/c1-6-9(8-18-5)15(4)11(16)12(3,7-2)10(13)14-17/h9,17H,6-8H2,1-5H3,(H2,13,14). The summed E-state index contributed by atoms with van der Waals surface area (Å²) >= 11 is 1.71. The van der Waals surface area contributed by atoms with Crippen molar-refractivity contribution in [1.29, 1.82) is 0 Å². The van der Waals surface area contributed by atoms with Crippen molar-refractivity contribution in [1.82, 2.24) is 4.90 Å². The first-order chi connectivity index (χ1) is 8.38. The Hall–Kier alpha value is -0.910. The van der Waals surface area contributed by atoms with Gasteiger partial charge in [-0.1, -0.05) is 19.0 Å². The van der Waals surface area contributed by atoms with Crippen LogP contribution in [0, 0.1) is 5.41 Å². The van der Waals surface area contributed by atoms with Gasteiger partial charge in [0.1, 0.15) is 5.41 Å². The summed E-state index contributed by atoms with van der Waals surface area (Å²) in [6.45, 7) is 5.63. The molecule has 0 spiro atoms. The van der Waals surface area contributed by atoms with E-state index >= 15 is 0 Å². The molecule has 106 valence electrons. The van der Waals surface area contributed by atoms with Gasteiger partial charge >= 0.3 is 0 Å². The van der Waals surface area contributed by atoms with Crippen LogP contribution in [0.15, 0.2) is 5.16 Å². The van der Waals surface area contributed by atoms with Crippen LogP contribution in [0.25, 0.3) is 0 Å². The monoisotopic (exact) mass is 275 g/mol. The van der Waals surface area contributed by atoms with Crippen molar-refractivity contribution in [2.75, 3.05) is 19.1 Å².